The summed E-state index contributed by atoms with van der Waals surface area (Å²) in [6, 6.07) is 4.88. The molecule has 2 rings (SSSR count). The number of hydrogen-bond donors (Lipinski definition) is 2. The van der Waals surface area contributed by atoms with Crippen LogP contribution in [0.4, 0.5) is 5.69 Å². The van der Waals surface area contributed by atoms with E-state index in [9.17, 15) is 25.9 Å². The predicted octanol–water partition coefficient (Wildman–Crippen LogP) is 2.75. The first-order valence-electron chi connectivity index (χ1n) is 6.45. The third-order valence-corrected chi connectivity index (χ3v) is 4.96. The molecule has 0 spiro atoms. The smallest absolute Gasteiger partial charge is 0.282 e. The predicted molar refractivity (Wildman–Crippen MR) is 86.8 cm³/mol. The molecule has 0 aliphatic heterocycles. The Morgan fingerprint density at radius 2 is 1.57 bits per heavy atom. The van der Waals surface area contributed by atoms with Crippen molar-refractivity contribution < 1.29 is 25.9 Å². The molecule has 124 valence electrons. The number of benzene rings is 2. The highest BCUT2D eigenvalue weighted by atomic mass is 32.2. The fourth-order valence-corrected chi connectivity index (χ4v) is 3.57. The zero-order chi connectivity index (χ0) is 17.6. The number of aryl methyl sites for hydroxylation is 1. The molecule has 23 heavy (non-hydrogen) atoms. The minimum Gasteiger partial charge on any atom is -0.282 e. The monoisotopic (exact) mass is 357 g/mol. The molecule has 0 aliphatic rings. The van der Waals surface area contributed by atoms with Crippen molar-refractivity contribution in [3.8, 4) is 0 Å². The van der Waals surface area contributed by atoms with Crippen molar-refractivity contribution in [3.05, 3.63) is 29.8 Å². The van der Waals surface area contributed by atoms with Gasteiger partial charge in [-0.1, -0.05) is 6.07 Å². The highest BCUT2D eigenvalue weighted by Gasteiger charge is 2.21. The van der Waals surface area contributed by atoms with Gasteiger partial charge < -0.3 is 0 Å². The molecule has 0 aliphatic carbocycles. The Morgan fingerprint density at radius 3 is 2.04 bits per heavy atom. The Balaban J connectivity index is 3.03. The quantitative estimate of drug-likeness (QED) is 0.643. The minimum absolute atomic E-state index is 0.144. The molecule has 0 bridgehead atoms. The number of rotatable bonds is 3. The molecule has 0 fully saturated rings. The summed E-state index contributed by atoms with van der Waals surface area (Å²) in [5, 5.41) is 0.403. The van der Waals surface area contributed by atoms with Crippen LogP contribution >= 0.6 is 0 Å². The highest BCUT2D eigenvalue weighted by molar-refractivity contribution is 7.86. The first-order chi connectivity index (χ1) is 10.4. The zero-order valence-corrected chi connectivity index (χ0v) is 14.2. The summed E-state index contributed by atoms with van der Waals surface area (Å²) >= 11 is 0. The summed E-state index contributed by atoms with van der Waals surface area (Å²) in [7, 11) is -9.32. The minimum atomic E-state index is -4.68. The van der Waals surface area contributed by atoms with Crippen LogP contribution in [0.25, 0.3) is 10.8 Å². The van der Waals surface area contributed by atoms with Crippen molar-refractivity contribution in [3.63, 3.8) is 0 Å². The SMILES string of the molecule is CC(C)=Nc1ccc2c(S(=O)(=O)O)cc(S(=O)(=O)O)cc2c1C. The second-order valence-corrected chi connectivity index (χ2v) is 8.05. The van der Waals surface area contributed by atoms with Crippen molar-refractivity contribution in [1.29, 1.82) is 0 Å². The van der Waals surface area contributed by atoms with Crippen LogP contribution in [0.1, 0.15) is 19.4 Å². The normalized spacial score (nSPS) is 12.4. The van der Waals surface area contributed by atoms with Crippen LogP contribution in [0.2, 0.25) is 0 Å². The summed E-state index contributed by atoms with van der Waals surface area (Å²) in [4.78, 5) is 3.08. The van der Waals surface area contributed by atoms with E-state index in [-0.39, 0.29) is 10.8 Å². The van der Waals surface area contributed by atoms with Gasteiger partial charge in [-0.15, -0.1) is 0 Å². The molecule has 0 saturated carbocycles. The molecular weight excluding hydrogens is 342 g/mol. The first-order valence-corrected chi connectivity index (χ1v) is 9.33. The Morgan fingerprint density at radius 1 is 0.957 bits per heavy atom. The largest absolute Gasteiger partial charge is 0.295 e. The van der Waals surface area contributed by atoms with E-state index in [1.165, 1.54) is 6.07 Å². The number of aliphatic imine (C=N–C) groups is 1. The van der Waals surface area contributed by atoms with E-state index in [0.717, 1.165) is 17.8 Å². The van der Waals surface area contributed by atoms with Gasteiger partial charge in [0.2, 0.25) is 0 Å². The summed E-state index contributed by atoms with van der Waals surface area (Å²) in [5.41, 5.74) is 1.82. The molecule has 9 heteroatoms. The Labute approximate surface area is 134 Å². The molecule has 0 saturated heterocycles. The Bertz CT molecular complexity index is 1030. The molecule has 0 radical (unpaired) electrons. The van der Waals surface area contributed by atoms with Gasteiger partial charge in [0.1, 0.15) is 4.90 Å². The maximum Gasteiger partial charge on any atom is 0.295 e. The number of fused-ring (bicyclic) bond motifs is 1. The average molecular weight is 357 g/mol. The van der Waals surface area contributed by atoms with Crippen LogP contribution in [-0.4, -0.2) is 31.7 Å². The second kappa shape index (κ2) is 5.68. The van der Waals surface area contributed by atoms with Gasteiger partial charge in [-0.2, -0.15) is 16.8 Å². The first kappa shape index (κ1) is 17.5. The lowest BCUT2D eigenvalue weighted by Crippen LogP contribution is -2.05. The number of hydrogen-bond acceptors (Lipinski definition) is 5. The second-order valence-electron chi connectivity index (χ2n) is 5.24. The lowest BCUT2D eigenvalue weighted by molar-refractivity contribution is 0.482. The molecule has 2 aromatic rings. The van der Waals surface area contributed by atoms with E-state index >= 15 is 0 Å². The van der Waals surface area contributed by atoms with Crippen LogP contribution < -0.4 is 0 Å². The van der Waals surface area contributed by atoms with Crippen LogP contribution in [0.15, 0.2) is 39.0 Å². The zero-order valence-electron chi connectivity index (χ0n) is 12.6. The fraction of sp³-hybridized carbons (Fsp3) is 0.214. The van der Waals surface area contributed by atoms with E-state index in [1.54, 1.807) is 26.8 Å². The van der Waals surface area contributed by atoms with Crippen molar-refractivity contribution >= 4 is 42.4 Å². The molecular formula is C14H15NO6S2. The molecule has 0 atom stereocenters. The maximum absolute atomic E-state index is 11.6. The van der Waals surface area contributed by atoms with Crippen LogP contribution in [-0.2, 0) is 20.2 Å². The van der Waals surface area contributed by atoms with Gasteiger partial charge in [0.25, 0.3) is 20.2 Å². The van der Waals surface area contributed by atoms with Crippen molar-refractivity contribution in [2.45, 2.75) is 30.6 Å². The summed E-state index contributed by atoms with van der Waals surface area (Å²) in [6.45, 7) is 5.20. The molecule has 0 heterocycles. The lowest BCUT2D eigenvalue weighted by Gasteiger charge is -2.11. The average Bonchev–Trinajstić information content (AvgIpc) is 2.38. The Hall–Kier alpha value is -1.81. The van der Waals surface area contributed by atoms with Gasteiger partial charge in [0, 0.05) is 11.1 Å². The molecule has 0 aromatic heterocycles. The fourth-order valence-electron chi connectivity index (χ4n) is 2.23. The van der Waals surface area contributed by atoms with Gasteiger partial charge in [0.15, 0.2) is 0 Å². The van der Waals surface area contributed by atoms with Gasteiger partial charge in [-0.3, -0.25) is 14.1 Å². The third-order valence-electron chi connectivity index (χ3n) is 3.23. The van der Waals surface area contributed by atoms with Crippen molar-refractivity contribution in [2.75, 3.05) is 0 Å². The van der Waals surface area contributed by atoms with Gasteiger partial charge >= 0.3 is 0 Å². The topological polar surface area (TPSA) is 121 Å². The Kier molecular flexibility index (Phi) is 4.33. The molecule has 2 N–H and O–H groups in total. The molecule has 2 aromatic carbocycles. The van der Waals surface area contributed by atoms with Crippen LogP contribution in [0.5, 0.6) is 0 Å². The van der Waals surface area contributed by atoms with E-state index in [4.69, 9.17) is 0 Å². The number of nitrogens with zero attached hydrogens (tertiary/aromatic N) is 1. The molecule has 7 nitrogen and oxygen atoms in total. The molecule has 0 amide bonds. The van der Waals surface area contributed by atoms with Crippen molar-refractivity contribution in [2.24, 2.45) is 4.99 Å². The molecule has 0 unspecified atom stereocenters. The summed E-state index contributed by atoms with van der Waals surface area (Å²) in [6.07, 6.45) is 0. The van der Waals surface area contributed by atoms with E-state index in [0.29, 0.717) is 11.3 Å². The lowest BCUT2D eigenvalue weighted by atomic mass is 10.0. The summed E-state index contributed by atoms with van der Waals surface area (Å²) < 4.78 is 64.4. The van der Waals surface area contributed by atoms with E-state index in [2.05, 4.69) is 4.99 Å². The maximum atomic E-state index is 11.6. The summed E-state index contributed by atoms with van der Waals surface area (Å²) in [5.74, 6) is 0. The van der Waals surface area contributed by atoms with Crippen molar-refractivity contribution in [1.82, 2.24) is 0 Å². The van der Waals surface area contributed by atoms with E-state index < -0.39 is 30.0 Å². The van der Waals surface area contributed by atoms with Gasteiger partial charge in [0.05, 0.1) is 10.6 Å². The van der Waals surface area contributed by atoms with Crippen LogP contribution in [0, 0.1) is 6.92 Å². The van der Waals surface area contributed by atoms with Gasteiger partial charge in [-0.25, -0.2) is 0 Å². The highest BCUT2D eigenvalue weighted by Crippen LogP contribution is 2.33. The van der Waals surface area contributed by atoms with Crippen LogP contribution in [0.3, 0.4) is 0 Å². The van der Waals surface area contributed by atoms with E-state index in [1.807, 2.05) is 0 Å². The third kappa shape index (κ3) is 3.58. The van der Waals surface area contributed by atoms with Gasteiger partial charge in [-0.05, 0) is 49.9 Å². The standard InChI is InChI=1S/C14H15NO6S2/c1-8(2)15-13-5-4-11-12(9(13)3)6-10(22(16,17)18)7-14(11)23(19,20)21/h4-7H,1-3H3,(H,16,17,18)(H,19,20,21).